The third kappa shape index (κ3) is 3.28. The molecular formula is C26H23NO2. The quantitative estimate of drug-likeness (QED) is 0.719. The Morgan fingerprint density at radius 3 is 1.93 bits per heavy atom. The molecule has 2 aliphatic rings. The van der Waals surface area contributed by atoms with E-state index >= 15 is 0 Å². The number of rotatable bonds is 3. The summed E-state index contributed by atoms with van der Waals surface area (Å²) in [5.74, 6) is 0.0335. The second-order valence-electron chi connectivity index (χ2n) is 7.87. The maximum atomic E-state index is 13.4. The first kappa shape index (κ1) is 17.9. The summed E-state index contributed by atoms with van der Waals surface area (Å²) in [6, 6.07) is 28.8. The molecule has 2 atom stereocenters. The number of amides is 1. The molecule has 0 radical (unpaired) electrons. The minimum Gasteiger partial charge on any atom is -0.391 e. The first-order valence-corrected chi connectivity index (χ1v) is 10.1. The van der Waals surface area contributed by atoms with Gasteiger partial charge in [0.05, 0.1) is 11.7 Å². The van der Waals surface area contributed by atoms with E-state index in [-0.39, 0.29) is 11.9 Å². The summed E-state index contributed by atoms with van der Waals surface area (Å²) in [5.41, 5.74) is 6.22. The number of nitrogens with zero attached hydrogens (tertiary/aromatic N) is 1. The lowest BCUT2D eigenvalue weighted by Gasteiger charge is -2.33. The molecule has 0 aromatic heterocycles. The molecule has 29 heavy (non-hydrogen) atoms. The zero-order chi connectivity index (χ0) is 19.8. The zero-order valence-corrected chi connectivity index (χ0v) is 16.2. The SMILES string of the molecule is O=C1C(c2ccccc2)=C(c2ccc(-c3ccccc3)cc2)C[C@H]2C[C@@H](O)CN12. The van der Waals surface area contributed by atoms with Crippen LogP contribution in [0.3, 0.4) is 0 Å². The van der Waals surface area contributed by atoms with Crippen LogP contribution in [0.5, 0.6) is 0 Å². The fraction of sp³-hybridized carbons (Fsp3) is 0.192. The first-order chi connectivity index (χ1) is 14.2. The average Bonchev–Trinajstić information content (AvgIpc) is 3.16. The van der Waals surface area contributed by atoms with Crippen molar-refractivity contribution < 1.29 is 9.90 Å². The molecule has 1 fully saturated rings. The molecule has 0 unspecified atom stereocenters. The minimum atomic E-state index is -0.430. The molecule has 1 saturated heterocycles. The zero-order valence-electron chi connectivity index (χ0n) is 16.2. The molecule has 1 N–H and O–H groups in total. The van der Waals surface area contributed by atoms with E-state index in [1.54, 1.807) is 0 Å². The Morgan fingerprint density at radius 2 is 1.28 bits per heavy atom. The topological polar surface area (TPSA) is 40.5 Å². The molecule has 0 saturated carbocycles. The second kappa shape index (κ2) is 7.34. The van der Waals surface area contributed by atoms with E-state index in [1.807, 2.05) is 53.4 Å². The van der Waals surface area contributed by atoms with Crippen LogP contribution in [0.25, 0.3) is 22.3 Å². The van der Waals surface area contributed by atoms with E-state index in [0.717, 1.165) is 34.3 Å². The van der Waals surface area contributed by atoms with Gasteiger partial charge in [-0.25, -0.2) is 0 Å². The predicted molar refractivity (Wildman–Crippen MR) is 116 cm³/mol. The third-order valence-electron chi connectivity index (χ3n) is 6.01. The van der Waals surface area contributed by atoms with Crippen LogP contribution in [-0.4, -0.2) is 34.6 Å². The van der Waals surface area contributed by atoms with Crippen molar-refractivity contribution in [3.63, 3.8) is 0 Å². The van der Waals surface area contributed by atoms with Crippen molar-refractivity contribution in [2.45, 2.75) is 25.0 Å². The highest BCUT2D eigenvalue weighted by molar-refractivity contribution is 6.28. The molecule has 144 valence electrons. The molecule has 0 aliphatic carbocycles. The summed E-state index contributed by atoms with van der Waals surface area (Å²) in [6.45, 7) is 0.431. The Morgan fingerprint density at radius 1 is 0.724 bits per heavy atom. The number of carbonyl (C=O) groups excluding carboxylic acids is 1. The Bertz CT molecular complexity index is 1050. The number of fused-ring (bicyclic) bond motifs is 1. The fourth-order valence-corrected chi connectivity index (χ4v) is 4.60. The number of hydrogen-bond donors (Lipinski definition) is 1. The van der Waals surface area contributed by atoms with Crippen LogP contribution < -0.4 is 0 Å². The molecule has 5 rings (SSSR count). The molecule has 2 heterocycles. The van der Waals surface area contributed by atoms with Gasteiger partial charge in [0, 0.05) is 12.6 Å². The van der Waals surface area contributed by atoms with Crippen molar-refractivity contribution in [2.75, 3.05) is 6.54 Å². The van der Waals surface area contributed by atoms with E-state index in [0.29, 0.717) is 13.0 Å². The van der Waals surface area contributed by atoms with Gasteiger partial charge in [0.25, 0.3) is 5.91 Å². The van der Waals surface area contributed by atoms with E-state index in [1.165, 1.54) is 5.56 Å². The predicted octanol–water partition coefficient (Wildman–Crippen LogP) is 4.63. The number of carbonyl (C=O) groups is 1. The van der Waals surface area contributed by atoms with E-state index in [9.17, 15) is 9.90 Å². The Labute approximate surface area is 170 Å². The van der Waals surface area contributed by atoms with Gasteiger partial charge in [0.1, 0.15) is 0 Å². The summed E-state index contributed by atoms with van der Waals surface area (Å²) in [7, 11) is 0. The maximum absolute atomic E-state index is 13.4. The standard InChI is InChI=1S/C26H23NO2/c28-23-15-22-16-24(20-13-11-19(12-14-20)18-7-3-1-4-8-18)25(26(29)27(22)17-23)21-9-5-2-6-10-21/h1-14,22-23,28H,15-17H2/t22-,23-/m1/s1. The van der Waals surface area contributed by atoms with Crippen molar-refractivity contribution in [3.8, 4) is 11.1 Å². The van der Waals surface area contributed by atoms with Crippen LogP contribution in [-0.2, 0) is 4.79 Å². The van der Waals surface area contributed by atoms with Crippen molar-refractivity contribution >= 4 is 17.1 Å². The Hall–Kier alpha value is -3.17. The largest absolute Gasteiger partial charge is 0.391 e. The molecule has 1 amide bonds. The van der Waals surface area contributed by atoms with Gasteiger partial charge < -0.3 is 10.0 Å². The smallest absolute Gasteiger partial charge is 0.255 e. The lowest BCUT2D eigenvalue weighted by molar-refractivity contribution is -0.126. The number of benzene rings is 3. The molecule has 3 nitrogen and oxygen atoms in total. The highest BCUT2D eigenvalue weighted by Gasteiger charge is 2.41. The van der Waals surface area contributed by atoms with Gasteiger partial charge in [0.15, 0.2) is 0 Å². The summed E-state index contributed by atoms with van der Waals surface area (Å²) >= 11 is 0. The summed E-state index contributed by atoms with van der Waals surface area (Å²) in [4.78, 5) is 15.2. The molecule has 3 heteroatoms. The monoisotopic (exact) mass is 381 g/mol. The van der Waals surface area contributed by atoms with Crippen molar-refractivity contribution in [3.05, 3.63) is 96.1 Å². The molecular weight excluding hydrogens is 358 g/mol. The van der Waals surface area contributed by atoms with Crippen LogP contribution in [0.1, 0.15) is 24.0 Å². The lowest BCUT2D eigenvalue weighted by atomic mass is 9.85. The van der Waals surface area contributed by atoms with Crippen LogP contribution in [0, 0.1) is 0 Å². The van der Waals surface area contributed by atoms with E-state index in [4.69, 9.17) is 0 Å². The van der Waals surface area contributed by atoms with Crippen molar-refractivity contribution in [1.82, 2.24) is 4.90 Å². The van der Waals surface area contributed by atoms with Crippen molar-refractivity contribution in [2.24, 2.45) is 0 Å². The van der Waals surface area contributed by atoms with Gasteiger partial charge in [0.2, 0.25) is 0 Å². The molecule has 2 aliphatic heterocycles. The van der Waals surface area contributed by atoms with Crippen LogP contribution >= 0.6 is 0 Å². The molecule has 3 aromatic rings. The van der Waals surface area contributed by atoms with Crippen LogP contribution in [0.4, 0.5) is 0 Å². The minimum absolute atomic E-state index is 0.0335. The fourth-order valence-electron chi connectivity index (χ4n) is 4.60. The second-order valence-corrected chi connectivity index (χ2v) is 7.87. The lowest BCUT2D eigenvalue weighted by Crippen LogP contribution is -2.40. The Kier molecular flexibility index (Phi) is 4.53. The van der Waals surface area contributed by atoms with E-state index in [2.05, 4.69) is 36.4 Å². The van der Waals surface area contributed by atoms with Crippen LogP contribution in [0.2, 0.25) is 0 Å². The average molecular weight is 381 g/mol. The Balaban J connectivity index is 1.59. The molecule has 0 spiro atoms. The number of hydrogen-bond acceptors (Lipinski definition) is 2. The van der Waals surface area contributed by atoms with Gasteiger partial charge in [-0.15, -0.1) is 0 Å². The first-order valence-electron chi connectivity index (χ1n) is 10.1. The summed E-state index contributed by atoms with van der Waals surface area (Å²) in [6.07, 6.45) is 0.998. The van der Waals surface area contributed by atoms with E-state index < -0.39 is 6.10 Å². The van der Waals surface area contributed by atoms with Gasteiger partial charge in [-0.2, -0.15) is 0 Å². The van der Waals surface area contributed by atoms with Gasteiger partial charge in [-0.1, -0.05) is 84.9 Å². The highest BCUT2D eigenvalue weighted by atomic mass is 16.3. The van der Waals surface area contributed by atoms with Crippen LogP contribution in [0.15, 0.2) is 84.9 Å². The number of aliphatic hydroxyl groups excluding tert-OH is 1. The van der Waals surface area contributed by atoms with Gasteiger partial charge in [-0.05, 0) is 40.7 Å². The highest BCUT2D eigenvalue weighted by Crippen LogP contribution is 2.41. The summed E-state index contributed by atoms with van der Waals surface area (Å²) < 4.78 is 0. The summed E-state index contributed by atoms with van der Waals surface area (Å²) in [5, 5.41) is 10.1. The molecule has 3 aromatic carbocycles. The van der Waals surface area contributed by atoms with Gasteiger partial charge in [-0.3, -0.25) is 4.79 Å². The van der Waals surface area contributed by atoms with Gasteiger partial charge >= 0.3 is 0 Å². The third-order valence-corrected chi connectivity index (χ3v) is 6.01. The maximum Gasteiger partial charge on any atom is 0.255 e. The normalized spacial score (nSPS) is 21.4. The van der Waals surface area contributed by atoms with Crippen molar-refractivity contribution in [1.29, 1.82) is 0 Å². The molecule has 0 bridgehead atoms. The number of aliphatic hydroxyl groups is 1.